The van der Waals surface area contributed by atoms with E-state index < -0.39 is 15.9 Å². The molecule has 0 saturated carbocycles. The molecule has 8 nitrogen and oxygen atoms in total. The molecule has 0 bridgehead atoms. The van der Waals surface area contributed by atoms with E-state index >= 15 is 0 Å². The number of aromatic nitrogens is 1. The summed E-state index contributed by atoms with van der Waals surface area (Å²) in [5, 5.41) is 5.43. The Labute approximate surface area is 206 Å². The van der Waals surface area contributed by atoms with Crippen LogP contribution in [0.4, 0.5) is 5.69 Å². The molecule has 0 atom stereocenters. The van der Waals surface area contributed by atoms with E-state index in [9.17, 15) is 18.0 Å². The zero-order valence-electron chi connectivity index (χ0n) is 19.7. The predicted molar refractivity (Wildman–Crippen MR) is 135 cm³/mol. The summed E-state index contributed by atoms with van der Waals surface area (Å²) in [5.74, 6) is -0.660. The van der Waals surface area contributed by atoms with Crippen LogP contribution in [0.15, 0.2) is 78.0 Å². The Bertz CT molecular complexity index is 1230. The standard InChI is InChI=1S/C26H30N4O4S/c1-2-3-5-20-8-10-23(11-9-20)30-35(33,34)24-7-4-6-22(18-24)26(32)28-17-14-25(31)29-19-21-12-15-27-16-13-21/h4,6-13,15-16,18,30H,2-3,5,14,17,19H2,1H3,(H,28,32)(H,29,31). The SMILES string of the molecule is CCCCc1ccc(NS(=O)(=O)c2cccc(C(=O)NCCC(=O)NCc3ccncc3)c2)cc1. The van der Waals surface area contributed by atoms with Crippen LogP contribution >= 0.6 is 0 Å². The summed E-state index contributed by atoms with van der Waals surface area (Å²) >= 11 is 0. The second-order valence-corrected chi connectivity index (χ2v) is 9.75. The number of aryl methyl sites for hydroxylation is 1. The van der Waals surface area contributed by atoms with E-state index in [1.807, 2.05) is 12.1 Å². The first kappa shape index (κ1) is 25.9. The summed E-state index contributed by atoms with van der Waals surface area (Å²) in [4.78, 5) is 28.4. The summed E-state index contributed by atoms with van der Waals surface area (Å²) in [6, 6.07) is 16.7. The van der Waals surface area contributed by atoms with Crippen molar-refractivity contribution in [2.24, 2.45) is 0 Å². The molecular formula is C26H30N4O4S. The van der Waals surface area contributed by atoms with Crippen LogP contribution in [0.1, 0.15) is 47.7 Å². The molecule has 0 aliphatic rings. The Morgan fingerprint density at radius 3 is 2.37 bits per heavy atom. The molecule has 184 valence electrons. The van der Waals surface area contributed by atoms with Crippen molar-refractivity contribution in [1.29, 1.82) is 0 Å². The van der Waals surface area contributed by atoms with Gasteiger partial charge in [0.25, 0.3) is 15.9 Å². The Morgan fingerprint density at radius 1 is 0.914 bits per heavy atom. The third-order valence-electron chi connectivity index (χ3n) is 5.31. The summed E-state index contributed by atoms with van der Waals surface area (Å²) in [7, 11) is -3.87. The molecule has 3 rings (SSSR count). The fraction of sp³-hybridized carbons (Fsp3) is 0.269. The molecule has 3 N–H and O–H groups in total. The average molecular weight is 495 g/mol. The number of nitrogens with zero attached hydrogens (tertiary/aromatic N) is 1. The maximum absolute atomic E-state index is 12.8. The molecule has 2 aromatic carbocycles. The van der Waals surface area contributed by atoms with E-state index in [0.29, 0.717) is 12.2 Å². The van der Waals surface area contributed by atoms with Crippen LogP contribution in [0.25, 0.3) is 0 Å². The van der Waals surface area contributed by atoms with Gasteiger partial charge in [-0.25, -0.2) is 8.42 Å². The molecule has 1 aromatic heterocycles. The van der Waals surface area contributed by atoms with Crippen molar-refractivity contribution in [2.45, 2.75) is 44.0 Å². The number of pyridine rings is 1. The fourth-order valence-corrected chi connectivity index (χ4v) is 4.42. The van der Waals surface area contributed by atoms with E-state index in [2.05, 4.69) is 27.3 Å². The van der Waals surface area contributed by atoms with Crippen molar-refractivity contribution in [2.75, 3.05) is 11.3 Å². The fourth-order valence-electron chi connectivity index (χ4n) is 3.32. The van der Waals surface area contributed by atoms with Gasteiger partial charge in [-0.3, -0.25) is 19.3 Å². The number of sulfonamides is 1. The highest BCUT2D eigenvalue weighted by molar-refractivity contribution is 7.92. The maximum atomic E-state index is 12.8. The molecule has 0 aliphatic heterocycles. The van der Waals surface area contributed by atoms with Crippen molar-refractivity contribution in [3.8, 4) is 0 Å². The van der Waals surface area contributed by atoms with E-state index in [-0.39, 0.29) is 29.3 Å². The highest BCUT2D eigenvalue weighted by atomic mass is 32.2. The topological polar surface area (TPSA) is 117 Å². The Balaban J connectivity index is 1.52. The van der Waals surface area contributed by atoms with Gasteiger partial charge in [0.05, 0.1) is 4.90 Å². The third kappa shape index (κ3) is 8.22. The molecule has 9 heteroatoms. The lowest BCUT2D eigenvalue weighted by atomic mass is 10.1. The molecular weight excluding hydrogens is 464 g/mol. The number of benzene rings is 2. The number of rotatable bonds is 12. The summed E-state index contributed by atoms with van der Waals surface area (Å²) in [6.45, 7) is 2.63. The first-order valence-corrected chi connectivity index (χ1v) is 13.0. The van der Waals surface area contributed by atoms with Gasteiger partial charge >= 0.3 is 0 Å². The number of amides is 2. The van der Waals surface area contributed by atoms with Crippen LogP contribution in [0.5, 0.6) is 0 Å². The second-order valence-electron chi connectivity index (χ2n) is 8.07. The molecule has 0 radical (unpaired) electrons. The van der Waals surface area contributed by atoms with E-state index in [0.717, 1.165) is 30.4 Å². The molecule has 0 fully saturated rings. The van der Waals surface area contributed by atoms with Gasteiger partial charge in [-0.05, 0) is 66.4 Å². The van der Waals surface area contributed by atoms with Crippen molar-refractivity contribution in [3.05, 3.63) is 89.7 Å². The van der Waals surface area contributed by atoms with Crippen molar-refractivity contribution >= 4 is 27.5 Å². The van der Waals surface area contributed by atoms with Crippen LogP contribution in [0, 0.1) is 0 Å². The first-order valence-electron chi connectivity index (χ1n) is 11.5. The number of hydrogen-bond donors (Lipinski definition) is 3. The molecule has 2 amide bonds. The largest absolute Gasteiger partial charge is 0.352 e. The number of unbranched alkanes of at least 4 members (excludes halogenated alkanes) is 1. The van der Waals surface area contributed by atoms with Crippen molar-refractivity contribution < 1.29 is 18.0 Å². The van der Waals surface area contributed by atoms with Gasteiger partial charge in [0.2, 0.25) is 5.91 Å². The van der Waals surface area contributed by atoms with Crippen LogP contribution < -0.4 is 15.4 Å². The second kappa shape index (κ2) is 12.7. The summed E-state index contributed by atoms with van der Waals surface area (Å²) in [6.07, 6.45) is 6.53. The lowest BCUT2D eigenvalue weighted by molar-refractivity contribution is -0.121. The van der Waals surface area contributed by atoms with Gasteiger partial charge < -0.3 is 10.6 Å². The minimum Gasteiger partial charge on any atom is -0.352 e. The van der Waals surface area contributed by atoms with Gasteiger partial charge in [0.1, 0.15) is 0 Å². The normalized spacial score (nSPS) is 11.0. The minimum atomic E-state index is -3.87. The van der Waals surface area contributed by atoms with Crippen LogP contribution in [-0.4, -0.2) is 31.8 Å². The molecule has 1 heterocycles. The number of hydrogen-bond acceptors (Lipinski definition) is 5. The van der Waals surface area contributed by atoms with E-state index in [1.165, 1.54) is 24.3 Å². The summed E-state index contributed by atoms with van der Waals surface area (Å²) < 4.78 is 28.2. The number of anilines is 1. The zero-order valence-corrected chi connectivity index (χ0v) is 20.5. The maximum Gasteiger partial charge on any atom is 0.261 e. The molecule has 0 unspecified atom stereocenters. The summed E-state index contributed by atoms with van der Waals surface area (Å²) in [5.41, 5.74) is 2.73. The van der Waals surface area contributed by atoms with Gasteiger partial charge in [0, 0.05) is 43.2 Å². The number of nitrogens with one attached hydrogen (secondary N) is 3. The Hall–Kier alpha value is -3.72. The zero-order chi connectivity index (χ0) is 25.1. The van der Waals surface area contributed by atoms with E-state index in [1.54, 1.807) is 36.7 Å². The lowest BCUT2D eigenvalue weighted by Gasteiger charge is -2.11. The van der Waals surface area contributed by atoms with Crippen molar-refractivity contribution in [1.82, 2.24) is 15.6 Å². The van der Waals surface area contributed by atoms with Crippen LogP contribution in [-0.2, 0) is 27.8 Å². The molecule has 0 aliphatic carbocycles. The Morgan fingerprint density at radius 2 is 1.66 bits per heavy atom. The highest BCUT2D eigenvalue weighted by Gasteiger charge is 2.17. The van der Waals surface area contributed by atoms with Gasteiger partial charge in [-0.1, -0.05) is 31.5 Å². The van der Waals surface area contributed by atoms with E-state index in [4.69, 9.17) is 0 Å². The monoisotopic (exact) mass is 494 g/mol. The molecule has 0 saturated heterocycles. The van der Waals surface area contributed by atoms with Crippen molar-refractivity contribution in [3.63, 3.8) is 0 Å². The third-order valence-corrected chi connectivity index (χ3v) is 6.69. The first-order chi connectivity index (χ1) is 16.9. The lowest BCUT2D eigenvalue weighted by Crippen LogP contribution is -2.30. The van der Waals surface area contributed by atoms with Gasteiger partial charge in [0.15, 0.2) is 0 Å². The smallest absolute Gasteiger partial charge is 0.261 e. The van der Waals surface area contributed by atoms with Gasteiger partial charge in [-0.2, -0.15) is 0 Å². The average Bonchev–Trinajstić information content (AvgIpc) is 2.87. The molecule has 0 spiro atoms. The number of carbonyl (C=O) groups is 2. The predicted octanol–water partition coefficient (Wildman–Crippen LogP) is 3.66. The molecule has 35 heavy (non-hydrogen) atoms. The highest BCUT2D eigenvalue weighted by Crippen LogP contribution is 2.18. The van der Waals surface area contributed by atoms with Crippen LogP contribution in [0.3, 0.4) is 0 Å². The Kier molecular flexibility index (Phi) is 9.37. The molecule has 3 aromatic rings. The number of carbonyl (C=O) groups excluding carboxylic acids is 2. The quantitative estimate of drug-likeness (QED) is 0.355. The van der Waals surface area contributed by atoms with Crippen LogP contribution in [0.2, 0.25) is 0 Å². The van der Waals surface area contributed by atoms with Gasteiger partial charge in [-0.15, -0.1) is 0 Å². The minimum absolute atomic E-state index is 0.0182.